The summed E-state index contributed by atoms with van der Waals surface area (Å²) in [5.41, 5.74) is 12.5. The molecule has 0 amide bonds. The van der Waals surface area contributed by atoms with Gasteiger partial charge in [0.25, 0.3) is 0 Å². The van der Waals surface area contributed by atoms with Gasteiger partial charge in [-0.3, -0.25) is 0 Å². The highest BCUT2D eigenvalue weighted by atomic mass is 15.2. The van der Waals surface area contributed by atoms with Gasteiger partial charge in [0.15, 0.2) is 17.5 Å². The summed E-state index contributed by atoms with van der Waals surface area (Å²) in [6.45, 7) is 0.983. The molecule has 10 rings (SSSR count). The molecule has 0 saturated carbocycles. The lowest BCUT2D eigenvalue weighted by molar-refractivity contribution is 0.999. The van der Waals surface area contributed by atoms with Gasteiger partial charge >= 0.3 is 0 Å². The lowest BCUT2D eigenvalue weighted by atomic mass is 10.0. The third kappa shape index (κ3) is 5.22. The van der Waals surface area contributed by atoms with Crippen LogP contribution in [0.2, 0.25) is 0 Å². The van der Waals surface area contributed by atoms with Crippen molar-refractivity contribution < 1.29 is 0 Å². The van der Waals surface area contributed by atoms with Crippen LogP contribution in [0.25, 0.3) is 72.8 Å². The second-order valence-corrected chi connectivity index (χ2v) is 13.3. The smallest absolute Gasteiger partial charge is 0.164 e. The summed E-state index contributed by atoms with van der Waals surface area (Å²) >= 11 is 0. The van der Waals surface area contributed by atoms with Crippen LogP contribution < -0.4 is 4.90 Å². The normalized spacial score (nSPS) is 12.4. The van der Waals surface area contributed by atoms with E-state index in [0.29, 0.717) is 17.5 Å². The number of anilines is 2. The summed E-state index contributed by atoms with van der Waals surface area (Å²) < 4.78 is 2.42. The fourth-order valence-electron chi connectivity index (χ4n) is 7.61. The van der Waals surface area contributed by atoms with Crippen molar-refractivity contribution in [3.8, 4) is 51.0 Å². The second-order valence-electron chi connectivity index (χ2n) is 13.3. The van der Waals surface area contributed by atoms with Gasteiger partial charge in [0, 0.05) is 51.1 Å². The molecule has 5 nitrogen and oxygen atoms in total. The van der Waals surface area contributed by atoms with Gasteiger partial charge < -0.3 is 9.47 Å². The number of aromatic nitrogens is 4. The molecule has 7 aromatic carbocycles. The van der Waals surface area contributed by atoms with Gasteiger partial charge in [-0.1, -0.05) is 127 Å². The molecule has 3 heterocycles. The molecule has 0 fully saturated rings. The first-order chi connectivity index (χ1) is 25.8. The van der Waals surface area contributed by atoms with Crippen LogP contribution in [0.3, 0.4) is 0 Å². The number of benzene rings is 7. The fraction of sp³-hybridized carbons (Fsp3) is 0.0426. The van der Waals surface area contributed by atoms with Crippen LogP contribution in [-0.2, 0) is 6.42 Å². The minimum Gasteiger partial charge on any atom is -0.341 e. The van der Waals surface area contributed by atoms with Crippen molar-refractivity contribution in [2.24, 2.45) is 0 Å². The first-order valence-corrected chi connectivity index (χ1v) is 17.7. The average molecular weight is 668 g/mol. The van der Waals surface area contributed by atoms with Gasteiger partial charge in [-0.15, -0.1) is 0 Å². The molecule has 0 bridgehead atoms. The minimum absolute atomic E-state index is 0.643. The molecule has 5 heteroatoms. The van der Waals surface area contributed by atoms with Crippen LogP contribution >= 0.6 is 0 Å². The van der Waals surface area contributed by atoms with Gasteiger partial charge in [0.1, 0.15) is 0 Å². The highest BCUT2D eigenvalue weighted by Gasteiger charge is 2.24. The Labute approximate surface area is 302 Å². The van der Waals surface area contributed by atoms with Crippen molar-refractivity contribution in [3.05, 3.63) is 181 Å². The molecule has 246 valence electrons. The van der Waals surface area contributed by atoms with E-state index in [-0.39, 0.29) is 0 Å². The number of hydrogen-bond donors (Lipinski definition) is 0. The van der Waals surface area contributed by atoms with E-state index in [9.17, 15) is 0 Å². The molecule has 1 aliphatic heterocycles. The molecule has 1 aliphatic rings. The molecule has 2 aromatic heterocycles. The van der Waals surface area contributed by atoms with E-state index in [1.54, 1.807) is 0 Å². The van der Waals surface area contributed by atoms with E-state index >= 15 is 0 Å². The predicted molar refractivity (Wildman–Crippen MR) is 213 cm³/mol. The first kappa shape index (κ1) is 30.0. The molecule has 0 N–H and O–H groups in total. The van der Waals surface area contributed by atoms with Crippen LogP contribution in [0, 0.1) is 0 Å². The number of nitrogens with zero attached hydrogens (tertiary/aromatic N) is 5. The molecule has 52 heavy (non-hydrogen) atoms. The van der Waals surface area contributed by atoms with E-state index in [0.717, 1.165) is 46.5 Å². The zero-order valence-electron chi connectivity index (χ0n) is 28.4. The molecule has 0 saturated heterocycles. The topological polar surface area (TPSA) is 46.8 Å². The van der Waals surface area contributed by atoms with E-state index in [1.165, 1.54) is 38.7 Å². The predicted octanol–water partition coefficient (Wildman–Crippen LogP) is 11.3. The van der Waals surface area contributed by atoms with Gasteiger partial charge in [-0.25, -0.2) is 15.0 Å². The Morgan fingerprint density at radius 3 is 1.63 bits per heavy atom. The Hall–Kier alpha value is -6.85. The standard InChI is InChI=1S/C47H33N5/c1-4-14-32(15-5-1)45-48-46(33-16-6-2-7-17-33)50-47(49-45)37-20-12-18-34(28-37)35-19-13-23-39(29-35)52-42-25-11-10-24-40(42)41-30-36-26-27-51(43(36)31-44(41)52)38-21-8-3-9-22-38/h1-25,28-31H,26-27H2. The SMILES string of the molecule is c1ccc(-c2nc(-c3ccccc3)nc(-c3cccc(-c4cccc(-n5c6ccccc6c6cc7c(cc65)N(c5ccccc5)CC7)c4)c3)n2)cc1. The highest BCUT2D eigenvalue weighted by molar-refractivity contribution is 6.11. The maximum atomic E-state index is 4.99. The first-order valence-electron chi connectivity index (χ1n) is 17.7. The van der Waals surface area contributed by atoms with E-state index in [1.807, 2.05) is 60.7 Å². The van der Waals surface area contributed by atoms with Crippen molar-refractivity contribution in [3.63, 3.8) is 0 Å². The highest BCUT2D eigenvalue weighted by Crippen LogP contribution is 2.42. The Morgan fingerprint density at radius 1 is 0.385 bits per heavy atom. The summed E-state index contributed by atoms with van der Waals surface area (Å²) in [5.74, 6) is 1.95. The maximum absolute atomic E-state index is 4.99. The molecule has 0 unspecified atom stereocenters. The summed E-state index contributed by atoms with van der Waals surface area (Å²) in [6.07, 6.45) is 1.03. The molecule has 0 spiro atoms. The van der Waals surface area contributed by atoms with Crippen LogP contribution in [0.1, 0.15) is 5.56 Å². The van der Waals surface area contributed by atoms with E-state index < -0.39 is 0 Å². The van der Waals surface area contributed by atoms with Gasteiger partial charge in [0.05, 0.1) is 11.0 Å². The average Bonchev–Trinajstić information content (AvgIpc) is 3.79. The molecular formula is C47H33N5. The maximum Gasteiger partial charge on any atom is 0.164 e. The lowest BCUT2D eigenvalue weighted by Crippen LogP contribution is -2.12. The number of rotatable bonds is 6. The van der Waals surface area contributed by atoms with Gasteiger partial charge in [0.2, 0.25) is 0 Å². The summed E-state index contributed by atoms with van der Waals surface area (Å²) in [4.78, 5) is 17.3. The van der Waals surface area contributed by atoms with Crippen molar-refractivity contribution in [2.45, 2.75) is 6.42 Å². The number of hydrogen-bond acceptors (Lipinski definition) is 4. The number of para-hydroxylation sites is 2. The Morgan fingerprint density at radius 2 is 0.923 bits per heavy atom. The summed E-state index contributed by atoms with van der Waals surface area (Å²) in [7, 11) is 0. The molecule has 0 atom stereocenters. The van der Waals surface area contributed by atoms with E-state index in [2.05, 4.69) is 125 Å². The third-order valence-corrected chi connectivity index (χ3v) is 10.1. The van der Waals surface area contributed by atoms with Gasteiger partial charge in [-0.2, -0.15) is 0 Å². The van der Waals surface area contributed by atoms with Crippen LogP contribution in [0.4, 0.5) is 11.4 Å². The zero-order valence-corrected chi connectivity index (χ0v) is 28.4. The zero-order chi connectivity index (χ0) is 34.4. The van der Waals surface area contributed by atoms with Gasteiger partial charge in [-0.05, 0) is 71.6 Å². The van der Waals surface area contributed by atoms with Crippen molar-refractivity contribution >= 4 is 33.2 Å². The third-order valence-electron chi connectivity index (χ3n) is 10.1. The van der Waals surface area contributed by atoms with E-state index in [4.69, 9.17) is 15.0 Å². The summed E-state index contributed by atoms with van der Waals surface area (Å²) in [6, 6.07) is 61.9. The molecule has 0 aliphatic carbocycles. The largest absolute Gasteiger partial charge is 0.341 e. The van der Waals surface area contributed by atoms with Crippen LogP contribution in [-0.4, -0.2) is 26.1 Å². The molecule has 0 radical (unpaired) electrons. The second kappa shape index (κ2) is 12.5. The molecule has 9 aromatic rings. The lowest BCUT2D eigenvalue weighted by Gasteiger charge is -2.20. The monoisotopic (exact) mass is 667 g/mol. The van der Waals surface area contributed by atoms with Crippen LogP contribution in [0.5, 0.6) is 0 Å². The Balaban J connectivity index is 1.09. The summed E-state index contributed by atoms with van der Waals surface area (Å²) in [5, 5.41) is 2.55. The Kier molecular flexibility index (Phi) is 7.21. The van der Waals surface area contributed by atoms with Crippen molar-refractivity contribution in [1.29, 1.82) is 0 Å². The van der Waals surface area contributed by atoms with Crippen molar-refractivity contribution in [1.82, 2.24) is 19.5 Å². The minimum atomic E-state index is 0.643. The number of fused-ring (bicyclic) bond motifs is 4. The molecular weight excluding hydrogens is 635 g/mol. The van der Waals surface area contributed by atoms with Crippen molar-refractivity contribution in [2.75, 3.05) is 11.4 Å². The Bertz CT molecular complexity index is 2680. The van der Waals surface area contributed by atoms with Crippen LogP contribution in [0.15, 0.2) is 176 Å². The fourth-order valence-corrected chi connectivity index (χ4v) is 7.61. The quantitative estimate of drug-likeness (QED) is 0.177.